The van der Waals surface area contributed by atoms with Crippen molar-refractivity contribution in [1.82, 2.24) is 4.98 Å². The third-order valence-corrected chi connectivity index (χ3v) is 9.94. The van der Waals surface area contributed by atoms with Crippen molar-refractivity contribution in [2.75, 3.05) is 4.90 Å². The van der Waals surface area contributed by atoms with Crippen LogP contribution in [0.5, 0.6) is 0 Å². The molecule has 0 N–H and O–H groups in total. The van der Waals surface area contributed by atoms with Gasteiger partial charge in [-0.1, -0.05) is 158 Å². The average molecular weight is 677 g/mol. The monoisotopic (exact) mass is 676 g/mol. The lowest BCUT2D eigenvalue weighted by Crippen LogP contribution is -2.09. The lowest BCUT2D eigenvalue weighted by Gasteiger charge is -2.26. The van der Waals surface area contributed by atoms with Gasteiger partial charge in [0.2, 0.25) is 0 Å². The number of pyridine rings is 1. The summed E-state index contributed by atoms with van der Waals surface area (Å²) in [7, 11) is 0. The fourth-order valence-electron chi connectivity index (χ4n) is 7.40. The van der Waals surface area contributed by atoms with E-state index in [-0.39, 0.29) is 0 Å². The molecule has 8 aromatic carbocycles. The summed E-state index contributed by atoms with van der Waals surface area (Å²) in [5.74, 6) is 0. The van der Waals surface area contributed by atoms with Gasteiger partial charge in [-0.05, 0) is 110 Å². The summed E-state index contributed by atoms with van der Waals surface area (Å²) >= 11 is 0. The van der Waals surface area contributed by atoms with Gasteiger partial charge in [-0.25, -0.2) is 0 Å². The molecule has 9 rings (SSSR count). The highest BCUT2D eigenvalue weighted by Crippen LogP contribution is 2.40. The first kappa shape index (κ1) is 31.9. The van der Waals surface area contributed by atoms with E-state index in [9.17, 15) is 0 Å². The summed E-state index contributed by atoms with van der Waals surface area (Å²) < 4.78 is 0. The fourth-order valence-corrected chi connectivity index (χ4v) is 7.40. The van der Waals surface area contributed by atoms with E-state index in [1.807, 2.05) is 18.3 Å². The number of anilines is 3. The van der Waals surface area contributed by atoms with Crippen LogP contribution < -0.4 is 4.90 Å². The molecule has 0 amide bonds. The Balaban J connectivity index is 1.06. The summed E-state index contributed by atoms with van der Waals surface area (Å²) in [5.41, 5.74) is 15.0. The predicted octanol–water partition coefficient (Wildman–Crippen LogP) is 14.0. The summed E-state index contributed by atoms with van der Waals surface area (Å²) in [6.45, 7) is 0. The number of para-hydroxylation sites is 1. The number of nitrogens with zero attached hydrogens (tertiary/aromatic N) is 2. The number of fused-ring (bicyclic) bond motifs is 1. The second kappa shape index (κ2) is 14.3. The van der Waals surface area contributed by atoms with Crippen molar-refractivity contribution in [3.63, 3.8) is 0 Å². The van der Waals surface area contributed by atoms with Crippen molar-refractivity contribution in [2.45, 2.75) is 0 Å². The van der Waals surface area contributed by atoms with E-state index in [0.717, 1.165) is 28.3 Å². The quantitative estimate of drug-likeness (QED) is 0.159. The molecule has 0 aliphatic heterocycles. The first-order valence-electron chi connectivity index (χ1n) is 18.0. The molecule has 0 radical (unpaired) electrons. The lowest BCUT2D eigenvalue weighted by atomic mass is 9.92. The van der Waals surface area contributed by atoms with Gasteiger partial charge in [-0.2, -0.15) is 0 Å². The van der Waals surface area contributed by atoms with Crippen LogP contribution in [0, 0.1) is 0 Å². The van der Waals surface area contributed by atoms with E-state index in [1.165, 1.54) is 55.3 Å². The molecule has 0 unspecified atom stereocenters. The van der Waals surface area contributed by atoms with Crippen molar-refractivity contribution in [1.29, 1.82) is 0 Å². The first-order valence-corrected chi connectivity index (χ1v) is 18.0. The molecule has 0 saturated heterocycles. The van der Waals surface area contributed by atoms with Crippen molar-refractivity contribution >= 4 is 27.8 Å². The lowest BCUT2D eigenvalue weighted by molar-refractivity contribution is 1.28. The van der Waals surface area contributed by atoms with Crippen LogP contribution in [0.3, 0.4) is 0 Å². The van der Waals surface area contributed by atoms with Gasteiger partial charge >= 0.3 is 0 Å². The molecule has 0 atom stereocenters. The normalized spacial score (nSPS) is 11.0. The topological polar surface area (TPSA) is 16.1 Å². The van der Waals surface area contributed by atoms with Crippen LogP contribution in [0.15, 0.2) is 219 Å². The number of aromatic nitrogens is 1. The summed E-state index contributed by atoms with van der Waals surface area (Å²) in [4.78, 5) is 7.01. The Morgan fingerprint density at radius 2 is 0.792 bits per heavy atom. The Hall–Kier alpha value is -7.03. The van der Waals surface area contributed by atoms with E-state index in [4.69, 9.17) is 4.98 Å². The van der Waals surface area contributed by atoms with Gasteiger partial charge < -0.3 is 4.90 Å². The molecule has 2 heteroatoms. The van der Waals surface area contributed by atoms with Crippen molar-refractivity contribution in [3.8, 4) is 55.8 Å². The molecule has 0 fully saturated rings. The Morgan fingerprint density at radius 3 is 1.47 bits per heavy atom. The molecule has 0 bridgehead atoms. The Morgan fingerprint density at radius 1 is 0.302 bits per heavy atom. The van der Waals surface area contributed by atoms with Crippen LogP contribution in [0.25, 0.3) is 66.5 Å². The highest BCUT2D eigenvalue weighted by Gasteiger charge is 2.15. The van der Waals surface area contributed by atoms with Gasteiger partial charge in [0, 0.05) is 28.8 Å². The first-order chi connectivity index (χ1) is 26.3. The van der Waals surface area contributed by atoms with Gasteiger partial charge in [0.15, 0.2) is 0 Å². The van der Waals surface area contributed by atoms with Crippen molar-refractivity contribution in [3.05, 3.63) is 219 Å². The zero-order chi connectivity index (χ0) is 35.4. The minimum Gasteiger partial charge on any atom is -0.311 e. The highest BCUT2D eigenvalue weighted by molar-refractivity contribution is 6.06. The molecule has 1 heterocycles. The maximum Gasteiger partial charge on any atom is 0.0708 e. The van der Waals surface area contributed by atoms with Crippen molar-refractivity contribution in [2.24, 2.45) is 0 Å². The fraction of sp³-hybridized carbons (Fsp3) is 0. The molecule has 0 aliphatic carbocycles. The highest BCUT2D eigenvalue weighted by atomic mass is 15.1. The summed E-state index contributed by atoms with van der Waals surface area (Å²) in [6.07, 6.45) is 1.86. The maximum absolute atomic E-state index is 4.69. The molecule has 9 aromatic rings. The molecule has 2 nitrogen and oxygen atoms in total. The predicted molar refractivity (Wildman–Crippen MR) is 224 cm³/mol. The second-order valence-electron chi connectivity index (χ2n) is 13.2. The van der Waals surface area contributed by atoms with Gasteiger partial charge in [0.1, 0.15) is 0 Å². The number of hydrogen-bond donors (Lipinski definition) is 0. The van der Waals surface area contributed by atoms with Crippen molar-refractivity contribution < 1.29 is 0 Å². The molecule has 250 valence electrons. The van der Waals surface area contributed by atoms with E-state index in [0.29, 0.717) is 0 Å². The van der Waals surface area contributed by atoms with E-state index in [1.54, 1.807) is 0 Å². The van der Waals surface area contributed by atoms with Gasteiger partial charge in [-0.15, -0.1) is 0 Å². The van der Waals surface area contributed by atoms with Gasteiger partial charge in [0.05, 0.1) is 5.69 Å². The largest absolute Gasteiger partial charge is 0.311 e. The van der Waals surface area contributed by atoms with Gasteiger partial charge in [-0.3, -0.25) is 4.98 Å². The maximum atomic E-state index is 4.69. The minimum absolute atomic E-state index is 0.976. The van der Waals surface area contributed by atoms with Crippen LogP contribution in [0.1, 0.15) is 0 Å². The zero-order valence-corrected chi connectivity index (χ0v) is 29.2. The van der Waals surface area contributed by atoms with Crippen LogP contribution in [-0.4, -0.2) is 4.98 Å². The van der Waals surface area contributed by atoms with E-state index < -0.39 is 0 Å². The summed E-state index contributed by atoms with van der Waals surface area (Å²) in [5, 5.41) is 2.41. The minimum atomic E-state index is 0.976. The van der Waals surface area contributed by atoms with E-state index in [2.05, 4.69) is 205 Å². The third kappa shape index (κ3) is 6.39. The van der Waals surface area contributed by atoms with Crippen LogP contribution in [-0.2, 0) is 0 Å². The Bertz CT molecular complexity index is 2630. The Kier molecular flexibility index (Phi) is 8.61. The summed E-state index contributed by atoms with van der Waals surface area (Å²) in [6, 6.07) is 75.7. The molecule has 0 aliphatic rings. The zero-order valence-electron chi connectivity index (χ0n) is 29.2. The van der Waals surface area contributed by atoms with Crippen LogP contribution in [0.4, 0.5) is 17.1 Å². The number of hydrogen-bond acceptors (Lipinski definition) is 2. The number of benzene rings is 8. The van der Waals surface area contributed by atoms with Crippen LogP contribution in [0.2, 0.25) is 0 Å². The molecule has 0 saturated carbocycles. The third-order valence-electron chi connectivity index (χ3n) is 9.94. The number of rotatable bonds is 8. The van der Waals surface area contributed by atoms with E-state index >= 15 is 0 Å². The van der Waals surface area contributed by atoms with Crippen LogP contribution >= 0.6 is 0 Å². The molecule has 1 aromatic heterocycles. The Labute approximate surface area is 310 Å². The molecular formula is C51H36N2. The van der Waals surface area contributed by atoms with Gasteiger partial charge in [0.25, 0.3) is 0 Å². The average Bonchev–Trinajstić information content (AvgIpc) is 3.25. The smallest absolute Gasteiger partial charge is 0.0708 e. The SMILES string of the molecule is c1ccc(-c2ccccc2-c2cccc(-c3ccc(N(c4ccccc4)c4ccc(-c5cccc6cccc(-c7ccccn7)c56)cc4)cc3)c2)cc1. The molecular weight excluding hydrogens is 641 g/mol. The standard InChI is InChI=1S/C51H36N2/c1-3-14-38(15-4-1)46-22-7-8-23-47(46)42-19-11-18-41(36-42)37-27-31-44(32-28-37)53(43-20-5-2-6-21-43)45-33-29-39(30-34-45)48-24-12-16-40-17-13-25-49(51(40)48)50-26-9-10-35-52-50/h1-36H. The second-order valence-corrected chi connectivity index (χ2v) is 13.2. The molecule has 0 spiro atoms. The molecule has 53 heavy (non-hydrogen) atoms.